The molecule has 1 aliphatic rings. The number of anilines is 2. The lowest BCUT2D eigenvalue weighted by Gasteiger charge is -2.23. The predicted octanol–water partition coefficient (Wildman–Crippen LogP) is 4.69. The first-order chi connectivity index (χ1) is 18.2. The van der Waals surface area contributed by atoms with Crippen molar-refractivity contribution in [3.8, 4) is 0 Å². The number of aryl methyl sites for hydroxylation is 2. The van der Waals surface area contributed by atoms with Gasteiger partial charge in [0.05, 0.1) is 34.9 Å². The molecule has 38 heavy (non-hydrogen) atoms. The van der Waals surface area contributed by atoms with Gasteiger partial charge in [-0.1, -0.05) is 35.7 Å². The number of benzene rings is 1. The monoisotopic (exact) mass is 549 g/mol. The highest BCUT2D eigenvalue weighted by molar-refractivity contribution is 7.97. The maximum atomic E-state index is 13.6. The summed E-state index contributed by atoms with van der Waals surface area (Å²) in [4.78, 5) is 42.2. The smallest absolute Gasteiger partial charge is 0.281 e. The lowest BCUT2D eigenvalue weighted by atomic mass is 10.0. The molecule has 2 N–H and O–H groups in total. The summed E-state index contributed by atoms with van der Waals surface area (Å²) in [6, 6.07) is 11.0. The second kappa shape index (κ2) is 10.3. The summed E-state index contributed by atoms with van der Waals surface area (Å²) in [5.74, 6) is 0.235. The Balaban J connectivity index is 1.57. The number of halogens is 1. The molecular formula is C27H28ClN7O2S. The Morgan fingerprint density at radius 2 is 1.89 bits per heavy atom. The van der Waals surface area contributed by atoms with Gasteiger partial charge in [0.25, 0.3) is 11.5 Å². The molecule has 4 heterocycles. The molecule has 0 saturated carbocycles. The number of carbonyl (C=O) groups excluding carboxylic acids is 1. The Hall–Kier alpha value is -3.63. The molecule has 3 aromatic heterocycles. The van der Waals surface area contributed by atoms with Crippen LogP contribution >= 0.6 is 23.5 Å². The Labute approximate surface area is 229 Å². The molecule has 11 heteroatoms. The quantitative estimate of drug-likeness (QED) is 0.263. The third-order valence-electron chi connectivity index (χ3n) is 6.63. The molecule has 0 fully saturated rings. The van der Waals surface area contributed by atoms with E-state index in [0.29, 0.717) is 35.6 Å². The largest absolute Gasteiger partial charge is 0.377 e. The lowest BCUT2D eigenvalue weighted by molar-refractivity contribution is 0.0980. The molecule has 1 aromatic carbocycles. The van der Waals surface area contributed by atoms with E-state index in [9.17, 15) is 9.59 Å². The Kier molecular flexibility index (Phi) is 7.02. The number of nitrogens with zero attached hydrogens (tertiary/aromatic N) is 5. The average Bonchev–Trinajstić information content (AvgIpc) is 3.30. The van der Waals surface area contributed by atoms with Gasteiger partial charge in [-0.2, -0.15) is 0 Å². The van der Waals surface area contributed by atoms with Gasteiger partial charge in [-0.25, -0.2) is 9.97 Å². The van der Waals surface area contributed by atoms with Gasteiger partial charge < -0.3 is 10.2 Å². The molecule has 1 amide bonds. The number of aromatic nitrogens is 4. The summed E-state index contributed by atoms with van der Waals surface area (Å²) in [6.45, 7) is 7.11. The number of nitrogens with one attached hydrogen (secondary N) is 2. The summed E-state index contributed by atoms with van der Waals surface area (Å²) in [5, 5.41) is 4.16. The normalized spacial score (nSPS) is 13.5. The first-order valence-electron chi connectivity index (χ1n) is 12.1. The van der Waals surface area contributed by atoms with E-state index in [4.69, 9.17) is 16.6 Å². The molecule has 1 atom stereocenters. The van der Waals surface area contributed by atoms with E-state index in [1.54, 1.807) is 30.0 Å². The van der Waals surface area contributed by atoms with Crippen LogP contribution in [0.2, 0.25) is 5.15 Å². The number of amides is 1. The maximum Gasteiger partial charge on any atom is 0.281 e. The number of pyridine rings is 2. The van der Waals surface area contributed by atoms with Crippen LogP contribution in [0.25, 0.3) is 10.9 Å². The van der Waals surface area contributed by atoms with E-state index < -0.39 is 0 Å². The third kappa shape index (κ3) is 4.81. The van der Waals surface area contributed by atoms with Crippen molar-refractivity contribution in [3.05, 3.63) is 85.7 Å². The molecule has 9 nitrogen and oxygen atoms in total. The zero-order chi connectivity index (χ0) is 27.1. The van der Waals surface area contributed by atoms with Crippen molar-refractivity contribution >= 4 is 52.0 Å². The van der Waals surface area contributed by atoms with Gasteiger partial charge in [0.2, 0.25) is 5.95 Å². The third-order valence-corrected chi connectivity index (χ3v) is 7.23. The highest BCUT2D eigenvalue weighted by Crippen LogP contribution is 2.31. The topological polar surface area (TPSA) is 105 Å². The fourth-order valence-corrected chi connectivity index (χ4v) is 5.26. The van der Waals surface area contributed by atoms with Gasteiger partial charge in [0.1, 0.15) is 5.15 Å². The van der Waals surface area contributed by atoms with Crippen molar-refractivity contribution in [2.45, 2.75) is 39.9 Å². The van der Waals surface area contributed by atoms with E-state index in [-0.39, 0.29) is 28.4 Å². The van der Waals surface area contributed by atoms with E-state index in [0.717, 1.165) is 28.1 Å². The SMILES string of the molecule is CSNC(=O)c1nc(Cl)ccc1NC(C)c1cc(C)cc2c(=O)n(C)c(N3Cc4ccc(C)nc4C3)nc12. The molecule has 0 spiro atoms. The van der Waals surface area contributed by atoms with Crippen LogP contribution < -0.4 is 20.5 Å². The van der Waals surface area contributed by atoms with Gasteiger partial charge in [0.15, 0.2) is 5.69 Å². The van der Waals surface area contributed by atoms with E-state index >= 15 is 0 Å². The van der Waals surface area contributed by atoms with Crippen molar-refractivity contribution in [3.63, 3.8) is 0 Å². The first kappa shape index (κ1) is 26.0. The lowest BCUT2D eigenvalue weighted by Crippen LogP contribution is -2.28. The fourth-order valence-electron chi connectivity index (χ4n) is 4.83. The molecule has 0 saturated heterocycles. The minimum Gasteiger partial charge on any atom is -0.377 e. The average molecular weight is 550 g/mol. The van der Waals surface area contributed by atoms with Crippen LogP contribution in [0.1, 0.15) is 51.5 Å². The van der Waals surface area contributed by atoms with Crippen LogP contribution in [0.3, 0.4) is 0 Å². The van der Waals surface area contributed by atoms with Gasteiger partial charge in [0, 0.05) is 31.1 Å². The van der Waals surface area contributed by atoms with Gasteiger partial charge in [-0.05, 0) is 56.2 Å². The molecule has 4 aromatic rings. The minimum absolute atomic E-state index is 0.115. The molecule has 1 aliphatic heterocycles. The zero-order valence-corrected chi connectivity index (χ0v) is 23.4. The summed E-state index contributed by atoms with van der Waals surface area (Å²) < 4.78 is 4.30. The molecule has 5 rings (SSSR count). The highest BCUT2D eigenvalue weighted by atomic mass is 35.5. The molecule has 0 radical (unpaired) electrons. The van der Waals surface area contributed by atoms with Crippen molar-refractivity contribution in [2.75, 3.05) is 16.5 Å². The summed E-state index contributed by atoms with van der Waals surface area (Å²) in [5.41, 5.74) is 6.11. The van der Waals surface area contributed by atoms with Crippen LogP contribution in [0.5, 0.6) is 0 Å². The molecule has 196 valence electrons. The maximum absolute atomic E-state index is 13.6. The minimum atomic E-state index is -0.351. The fraction of sp³-hybridized carbons (Fsp3) is 0.296. The van der Waals surface area contributed by atoms with Crippen LogP contribution in [-0.4, -0.2) is 31.7 Å². The van der Waals surface area contributed by atoms with Gasteiger partial charge >= 0.3 is 0 Å². The standard InChI is InChI=1S/C27H28ClN7O2S/c1-14-10-18(16(3)30-20-8-9-22(28)31-24(20)25(36)33-38-5)23-19(11-14)26(37)34(4)27(32-23)35-12-17-7-6-15(2)29-21(17)13-35/h6-11,16,30H,12-13H2,1-5H3,(H,33,36). The van der Waals surface area contributed by atoms with Crippen LogP contribution in [0.15, 0.2) is 41.2 Å². The van der Waals surface area contributed by atoms with E-state index in [2.05, 4.69) is 31.0 Å². The van der Waals surface area contributed by atoms with Crippen LogP contribution in [0.4, 0.5) is 11.6 Å². The molecule has 0 aliphatic carbocycles. The Morgan fingerprint density at radius 1 is 1.11 bits per heavy atom. The number of carbonyl (C=O) groups is 1. The Morgan fingerprint density at radius 3 is 2.66 bits per heavy atom. The van der Waals surface area contributed by atoms with Crippen molar-refractivity contribution in [2.24, 2.45) is 7.05 Å². The van der Waals surface area contributed by atoms with Gasteiger partial charge in [-0.15, -0.1) is 0 Å². The van der Waals surface area contributed by atoms with Crippen LogP contribution in [0, 0.1) is 13.8 Å². The molecular weight excluding hydrogens is 522 g/mol. The second-order valence-electron chi connectivity index (χ2n) is 9.47. The van der Waals surface area contributed by atoms with E-state index in [1.165, 1.54) is 11.9 Å². The number of hydrogen-bond donors (Lipinski definition) is 2. The first-order valence-corrected chi connectivity index (χ1v) is 13.7. The van der Waals surface area contributed by atoms with Crippen molar-refractivity contribution < 1.29 is 4.79 Å². The zero-order valence-electron chi connectivity index (χ0n) is 21.8. The number of fused-ring (bicyclic) bond motifs is 2. The summed E-state index contributed by atoms with van der Waals surface area (Å²) in [7, 11) is 1.76. The number of rotatable bonds is 6. The van der Waals surface area contributed by atoms with E-state index in [1.807, 2.05) is 39.0 Å². The molecule has 1 unspecified atom stereocenters. The van der Waals surface area contributed by atoms with Gasteiger partial charge in [-0.3, -0.25) is 23.9 Å². The second-order valence-corrected chi connectivity index (χ2v) is 10.5. The predicted molar refractivity (Wildman–Crippen MR) is 153 cm³/mol. The summed E-state index contributed by atoms with van der Waals surface area (Å²) in [6.07, 6.45) is 1.76. The number of hydrogen-bond acceptors (Lipinski definition) is 8. The highest BCUT2D eigenvalue weighted by Gasteiger charge is 2.26. The summed E-state index contributed by atoms with van der Waals surface area (Å²) >= 11 is 7.27. The molecule has 0 bridgehead atoms. The van der Waals surface area contributed by atoms with Crippen molar-refractivity contribution in [1.29, 1.82) is 0 Å². The van der Waals surface area contributed by atoms with Crippen molar-refractivity contribution in [1.82, 2.24) is 24.2 Å². The Bertz CT molecular complexity index is 1640. The van der Waals surface area contributed by atoms with Crippen LogP contribution in [-0.2, 0) is 20.1 Å².